The molecule has 0 aliphatic rings. The van der Waals surface area contributed by atoms with Crippen molar-refractivity contribution in [2.75, 3.05) is 0 Å². The van der Waals surface area contributed by atoms with Gasteiger partial charge in [-0.15, -0.1) is 71.8 Å². The minimum absolute atomic E-state index is 0. The van der Waals surface area contributed by atoms with Gasteiger partial charge >= 0.3 is 5.97 Å². The SMILES string of the molecule is CC(O)CC(C)O.CC(O)CC(C)O.CC(O)CC(C)O.Cc1cccc2ccc3cccnc3c12.O=C(O)c1ccccn1.[Ir].[Rh].[Rh].[Rh].[c-]1ccccc1-c1ccccn1.[c-]1ccccc1-c1ccccn1.[c-]1ccccc1Cc1ccccn1. The molecule has 0 spiro atoms. The van der Waals surface area contributed by atoms with Gasteiger partial charge in [-0.1, -0.05) is 72.8 Å². The third-order valence-electron chi connectivity index (χ3n) is 10.9. The summed E-state index contributed by atoms with van der Waals surface area (Å²) in [5.41, 5.74) is 8.76. The molecule has 466 valence electrons. The number of hydrogen-bond acceptors (Lipinski definition) is 12. The fraction of sp³-hybridized carbons (Fsp3) is 0.246. The number of fused-ring (bicyclic) bond motifs is 3. The van der Waals surface area contributed by atoms with Crippen molar-refractivity contribution in [3.05, 3.63) is 260 Å². The Morgan fingerprint density at radius 3 is 1.19 bits per heavy atom. The molecule has 0 saturated carbocycles. The summed E-state index contributed by atoms with van der Waals surface area (Å²) in [6.07, 6.45) is 8.73. The second kappa shape index (κ2) is 49.1. The molecule has 6 atom stereocenters. The Morgan fingerprint density at radius 1 is 0.419 bits per heavy atom. The maximum atomic E-state index is 10.1. The Kier molecular flexibility index (Phi) is 47.0. The molecule has 17 heteroatoms. The van der Waals surface area contributed by atoms with Gasteiger partial charge in [0, 0.05) is 126 Å². The Hall–Kier alpha value is -5.88. The maximum Gasteiger partial charge on any atom is 0.354 e. The first-order valence-electron chi connectivity index (χ1n) is 27.0. The monoisotopic (exact) mass is 1610 g/mol. The summed E-state index contributed by atoms with van der Waals surface area (Å²) >= 11 is 0. The van der Waals surface area contributed by atoms with Crippen molar-refractivity contribution in [1.82, 2.24) is 24.9 Å². The Labute approximate surface area is 560 Å². The predicted octanol–water partition coefficient (Wildman–Crippen LogP) is 12.5. The molecule has 7 N–H and O–H groups in total. The van der Waals surface area contributed by atoms with Gasteiger partial charge in [0.05, 0.1) is 42.1 Å². The van der Waals surface area contributed by atoms with Gasteiger partial charge in [0.2, 0.25) is 0 Å². The number of carboxylic acid groups (broad SMARTS) is 1. The number of hydrogen-bond donors (Lipinski definition) is 7. The number of carboxylic acids is 1. The summed E-state index contributed by atoms with van der Waals surface area (Å²) in [6, 6.07) is 70.3. The second-order valence-corrected chi connectivity index (χ2v) is 19.0. The molecule has 4 radical (unpaired) electrons. The fourth-order valence-corrected chi connectivity index (χ4v) is 7.45. The van der Waals surface area contributed by atoms with E-state index in [0.29, 0.717) is 19.3 Å². The van der Waals surface area contributed by atoms with Crippen molar-refractivity contribution in [3.63, 3.8) is 0 Å². The number of carbonyl (C=O) groups is 1. The van der Waals surface area contributed by atoms with Crippen LogP contribution in [0.15, 0.2) is 219 Å². The van der Waals surface area contributed by atoms with Gasteiger partial charge in [-0.3, -0.25) is 9.97 Å². The van der Waals surface area contributed by atoms with Crippen LogP contribution in [0.2, 0.25) is 0 Å². The number of nitrogens with zero attached hydrogens (tertiary/aromatic N) is 5. The van der Waals surface area contributed by atoms with Crippen LogP contribution in [-0.2, 0) is 85.0 Å². The molecular formula is C69H78IrN5O8Rh3-3. The quantitative estimate of drug-likeness (QED) is 0.0364. The predicted molar refractivity (Wildman–Crippen MR) is 328 cm³/mol. The van der Waals surface area contributed by atoms with Crippen molar-refractivity contribution in [3.8, 4) is 22.5 Å². The number of aliphatic hydroxyl groups is 6. The second-order valence-electron chi connectivity index (χ2n) is 19.0. The molecule has 5 heterocycles. The van der Waals surface area contributed by atoms with E-state index in [1.807, 2.05) is 140 Å². The van der Waals surface area contributed by atoms with Crippen molar-refractivity contribution in [2.24, 2.45) is 0 Å². The van der Waals surface area contributed by atoms with Crippen LogP contribution < -0.4 is 0 Å². The van der Waals surface area contributed by atoms with Gasteiger partial charge in [-0.05, 0) is 139 Å². The van der Waals surface area contributed by atoms with E-state index in [-0.39, 0.29) is 121 Å². The standard InChI is InChI=1S/C14H11N.C12H10N.2C11H8N.C6H5NO2.3C5H12O2.Ir.3Rh/c1-10-4-2-5-11-7-8-12-6-3-9-15-14(12)13(10)11;1-2-6-11(7-3-1)10-12-8-4-5-9-13-12;2*1-2-6-10(7-3-1)11-8-4-5-9-12-11;8-6(9)5-3-1-2-4-7-5;3*1-4(6)3-5(2)7;;;;/h2-9H,1H3;1-6,8-9H,10H2;2*1-6,8-9H;1-4H,(H,8,9);3*4-7H,3H2,1-2H3;;;;/q;3*-1;;;;;;;;. The van der Waals surface area contributed by atoms with Crippen LogP contribution >= 0.6 is 0 Å². The van der Waals surface area contributed by atoms with Crippen molar-refractivity contribution < 1.29 is 119 Å². The van der Waals surface area contributed by atoms with Crippen molar-refractivity contribution >= 4 is 27.6 Å². The number of aromatic nitrogens is 5. The molecule has 6 unspecified atom stereocenters. The summed E-state index contributed by atoms with van der Waals surface area (Å²) in [5.74, 6) is -0.990. The molecule has 13 nitrogen and oxygen atoms in total. The Balaban J connectivity index is 0. The van der Waals surface area contributed by atoms with E-state index in [4.69, 9.17) is 35.7 Å². The maximum absolute atomic E-state index is 10.1. The topological polar surface area (TPSA) is 223 Å². The third kappa shape index (κ3) is 37.0. The van der Waals surface area contributed by atoms with E-state index in [2.05, 4.69) is 92.5 Å². The van der Waals surface area contributed by atoms with Gasteiger partial charge in [-0.25, -0.2) is 9.78 Å². The molecule has 0 amide bonds. The minimum Gasteiger partial charge on any atom is -0.477 e. The van der Waals surface area contributed by atoms with E-state index in [9.17, 15) is 4.79 Å². The smallest absolute Gasteiger partial charge is 0.354 e. The summed E-state index contributed by atoms with van der Waals surface area (Å²) in [7, 11) is 0. The van der Waals surface area contributed by atoms with E-state index in [1.165, 1.54) is 39.5 Å². The zero-order valence-corrected chi connectivity index (χ0v) is 56.5. The third-order valence-corrected chi connectivity index (χ3v) is 10.9. The molecule has 5 aromatic heterocycles. The molecule has 0 aliphatic heterocycles. The van der Waals surface area contributed by atoms with Gasteiger partial charge in [0.1, 0.15) is 5.69 Å². The number of benzene rings is 5. The van der Waals surface area contributed by atoms with Gasteiger partial charge < -0.3 is 45.7 Å². The number of aromatic carboxylic acids is 1. The number of rotatable bonds is 11. The van der Waals surface area contributed by atoms with Crippen molar-refractivity contribution in [1.29, 1.82) is 0 Å². The molecule has 0 fully saturated rings. The van der Waals surface area contributed by atoms with Crippen LogP contribution in [0.4, 0.5) is 0 Å². The molecule has 86 heavy (non-hydrogen) atoms. The zero-order valence-electron chi connectivity index (χ0n) is 49.2. The van der Waals surface area contributed by atoms with E-state index >= 15 is 0 Å². The fourth-order valence-electron chi connectivity index (χ4n) is 7.45. The molecule has 10 aromatic rings. The molecule has 0 saturated heterocycles. The number of aryl methyl sites for hydroxylation is 1. The summed E-state index contributed by atoms with van der Waals surface area (Å²) in [4.78, 5) is 30.9. The van der Waals surface area contributed by atoms with E-state index in [0.717, 1.165) is 40.1 Å². The van der Waals surface area contributed by atoms with Crippen LogP contribution in [-0.4, -0.2) is 103 Å². The van der Waals surface area contributed by atoms with Gasteiger partial charge in [0.25, 0.3) is 0 Å². The van der Waals surface area contributed by atoms with Crippen LogP contribution in [0.1, 0.15) is 88.1 Å². The summed E-state index contributed by atoms with van der Waals surface area (Å²) < 4.78 is 0. The van der Waals surface area contributed by atoms with Crippen molar-refractivity contribution in [2.45, 2.75) is 111 Å². The average Bonchev–Trinajstić information content (AvgIpc) is 1.57. The Bertz CT molecular complexity index is 2970. The number of pyridine rings is 5. The number of aliphatic hydroxyl groups excluding tert-OH is 6. The van der Waals surface area contributed by atoms with Crippen LogP contribution in [0.5, 0.6) is 0 Å². The van der Waals surface area contributed by atoms with Gasteiger partial charge in [-0.2, -0.15) is 35.9 Å². The first-order chi connectivity index (χ1) is 39.4. The zero-order chi connectivity index (χ0) is 59.9. The van der Waals surface area contributed by atoms with E-state index < -0.39 is 5.97 Å². The first kappa shape index (κ1) is 82.2. The van der Waals surface area contributed by atoms with Crippen LogP contribution in [0.3, 0.4) is 0 Å². The molecular weight excluding hydrogens is 1530 g/mol. The summed E-state index contributed by atoms with van der Waals surface area (Å²) in [5, 5.41) is 63.4. The molecule has 0 bridgehead atoms. The molecule has 0 aliphatic carbocycles. The van der Waals surface area contributed by atoms with Gasteiger partial charge in [0.15, 0.2) is 0 Å². The summed E-state index contributed by atoms with van der Waals surface area (Å²) in [6.45, 7) is 12.1. The average molecular weight is 1610 g/mol. The van der Waals surface area contributed by atoms with E-state index in [1.54, 1.807) is 66.1 Å². The molecule has 5 aromatic carbocycles. The van der Waals surface area contributed by atoms with Crippen LogP contribution in [0, 0.1) is 25.1 Å². The largest absolute Gasteiger partial charge is 0.477 e. The minimum atomic E-state index is -0.990. The van der Waals surface area contributed by atoms with Crippen LogP contribution in [0.25, 0.3) is 44.2 Å². The first-order valence-corrected chi connectivity index (χ1v) is 27.0. The molecule has 10 rings (SSSR count). The Morgan fingerprint density at radius 2 is 0.826 bits per heavy atom. The normalized spacial score (nSPS) is 11.6.